The summed E-state index contributed by atoms with van der Waals surface area (Å²) < 4.78 is 10.3. The van der Waals surface area contributed by atoms with Crippen LogP contribution in [0.1, 0.15) is 36.3 Å². The summed E-state index contributed by atoms with van der Waals surface area (Å²) in [6, 6.07) is 15.6. The maximum Gasteiger partial charge on any atom is 0.407 e. The molecule has 2 aromatic carbocycles. The Morgan fingerprint density at radius 3 is 2.25 bits per heavy atom. The average Bonchev–Trinajstić information content (AvgIpc) is 3.14. The number of amides is 2. The van der Waals surface area contributed by atoms with E-state index in [-0.39, 0.29) is 19.1 Å². The van der Waals surface area contributed by atoms with E-state index in [1.54, 1.807) is 0 Å². The average molecular weight is 437 g/mol. The van der Waals surface area contributed by atoms with Gasteiger partial charge in [-0.3, -0.25) is 0 Å². The quantitative estimate of drug-likeness (QED) is 0.313. The van der Waals surface area contributed by atoms with Crippen LogP contribution in [0.15, 0.2) is 61.2 Å². The molecular formula is C25H28N2O5. The van der Waals surface area contributed by atoms with Gasteiger partial charge in [0.2, 0.25) is 0 Å². The lowest BCUT2D eigenvalue weighted by molar-refractivity contribution is -0.109. The molecule has 1 aliphatic carbocycles. The first-order valence-electron chi connectivity index (χ1n) is 10.7. The number of hydrogen-bond acceptors (Lipinski definition) is 5. The molecule has 0 saturated heterocycles. The second kappa shape index (κ2) is 11.7. The Hall–Kier alpha value is -3.61. The summed E-state index contributed by atoms with van der Waals surface area (Å²) in [6.07, 6.45) is 2.83. The van der Waals surface area contributed by atoms with E-state index in [4.69, 9.17) is 9.47 Å². The van der Waals surface area contributed by atoms with Crippen molar-refractivity contribution in [2.24, 2.45) is 0 Å². The maximum atomic E-state index is 12.3. The number of carbonyl (C=O) groups is 3. The van der Waals surface area contributed by atoms with Crippen molar-refractivity contribution >= 4 is 18.5 Å². The molecule has 0 spiro atoms. The summed E-state index contributed by atoms with van der Waals surface area (Å²) in [5.41, 5.74) is 4.58. The minimum Gasteiger partial charge on any atom is -0.449 e. The van der Waals surface area contributed by atoms with Crippen molar-refractivity contribution in [3.63, 3.8) is 0 Å². The van der Waals surface area contributed by atoms with Crippen LogP contribution in [0.2, 0.25) is 0 Å². The number of carbonyl (C=O) groups excluding carboxylic acids is 3. The van der Waals surface area contributed by atoms with Crippen LogP contribution in [0.25, 0.3) is 11.1 Å². The van der Waals surface area contributed by atoms with Crippen LogP contribution in [-0.2, 0) is 14.3 Å². The number of hydrogen-bond donors (Lipinski definition) is 2. The molecule has 32 heavy (non-hydrogen) atoms. The number of benzene rings is 2. The summed E-state index contributed by atoms with van der Waals surface area (Å²) in [7, 11) is 0. The lowest BCUT2D eigenvalue weighted by atomic mass is 9.98. The minimum atomic E-state index is -0.640. The second-order valence-corrected chi connectivity index (χ2v) is 7.52. The van der Waals surface area contributed by atoms with Gasteiger partial charge in [0.1, 0.15) is 19.5 Å². The Morgan fingerprint density at radius 2 is 1.62 bits per heavy atom. The first-order valence-corrected chi connectivity index (χ1v) is 10.7. The van der Waals surface area contributed by atoms with E-state index in [0.717, 1.165) is 22.3 Å². The highest BCUT2D eigenvalue weighted by Gasteiger charge is 2.29. The van der Waals surface area contributed by atoms with Crippen molar-refractivity contribution in [2.75, 3.05) is 19.8 Å². The van der Waals surface area contributed by atoms with Gasteiger partial charge in [0.15, 0.2) is 0 Å². The topological polar surface area (TPSA) is 93.7 Å². The Bertz CT molecular complexity index is 913. The van der Waals surface area contributed by atoms with Crippen LogP contribution < -0.4 is 10.6 Å². The minimum absolute atomic E-state index is 0.0326. The van der Waals surface area contributed by atoms with E-state index in [1.165, 1.54) is 6.08 Å². The van der Waals surface area contributed by atoms with Crippen molar-refractivity contribution in [3.8, 4) is 11.1 Å². The predicted molar refractivity (Wildman–Crippen MR) is 121 cm³/mol. The molecule has 1 unspecified atom stereocenters. The standard InChI is InChI=1S/C25H28N2O5/c1-2-15-31-24(29)26-14-8-7-9-18(16-28)27-25(30)32-17-23-21-12-5-3-10-19(21)20-11-4-6-13-22(20)23/h2-6,10-13,16,18,23H,1,7-9,14-15,17H2,(H,26,29)(H,27,30). The van der Waals surface area contributed by atoms with E-state index < -0.39 is 18.2 Å². The number of ether oxygens (including phenoxy) is 2. The molecular weight excluding hydrogens is 408 g/mol. The number of alkyl carbamates (subject to hydrolysis) is 2. The summed E-state index contributed by atoms with van der Waals surface area (Å²) in [5.74, 6) is -0.0326. The van der Waals surface area contributed by atoms with Crippen molar-refractivity contribution in [2.45, 2.75) is 31.2 Å². The summed E-state index contributed by atoms with van der Waals surface area (Å²) in [4.78, 5) is 35.0. The van der Waals surface area contributed by atoms with E-state index in [1.807, 2.05) is 24.3 Å². The van der Waals surface area contributed by atoms with Gasteiger partial charge in [-0.05, 0) is 41.5 Å². The molecule has 2 aromatic rings. The van der Waals surface area contributed by atoms with Crippen molar-refractivity contribution in [1.29, 1.82) is 0 Å². The van der Waals surface area contributed by atoms with Gasteiger partial charge in [-0.2, -0.15) is 0 Å². The molecule has 0 fully saturated rings. The molecule has 0 heterocycles. The number of aldehydes is 1. The SMILES string of the molecule is C=CCOC(=O)NCCCCC(C=O)NC(=O)OCC1c2ccccc2-c2ccccc21. The van der Waals surface area contributed by atoms with Gasteiger partial charge in [0.05, 0.1) is 6.04 Å². The Morgan fingerprint density at radius 1 is 0.969 bits per heavy atom. The van der Waals surface area contributed by atoms with Crippen molar-refractivity contribution in [3.05, 3.63) is 72.3 Å². The maximum absolute atomic E-state index is 12.3. The third-order valence-corrected chi connectivity index (χ3v) is 5.35. The zero-order chi connectivity index (χ0) is 22.8. The Kier molecular flexibility index (Phi) is 8.43. The normalized spacial score (nSPS) is 12.8. The van der Waals surface area contributed by atoms with Crippen LogP contribution in [0.5, 0.6) is 0 Å². The van der Waals surface area contributed by atoms with Gasteiger partial charge >= 0.3 is 12.2 Å². The van der Waals surface area contributed by atoms with Crippen LogP contribution >= 0.6 is 0 Å². The van der Waals surface area contributed by atoms with Gasteiger partial charge in [-0.15, -0.1) is 0 Å². The van der Waals surface area contributed by atoms with E-state index >= 15 is 0 Å². The van der Waals surface area contributed by atoms with Crippen LogP contribution in [0.3, 0.4) is 0 Å². The zero-order valence-electron chi connectivity index (χ0n) is 17.9. The number of fused-ring (bicyclic) bond motifs is 3. The molecule has 0 aliphatic heterocycles. The molecule has 7 nitrogen and oxygen atoms in total. The molecule has 2 N–H and O–H groups in total. The molecule has 0 aromatic heterocycles. The fourth-order valence-electron chi connectivity index (χ4n) is 3.83. The van der Waals surface area contributed by atoms with Gasteiger partial charge < -0.3 is 24.9 Å². The van der Waals surface area contributed by atoms with Crippen molar-refractivity contribution in [1.82, 2.24) is 10.6 Å². The predicted octanol–water partition coefficient (Wildman–Crippen LogP) is 4.18. The smallest absolute Gasteiger partial charge is 0.407 e. The summed E-state index contributed by atoms with van der Waals surface area (Å²) in [5, 5.41) is 5.22. The van der Waals surface area contributed by atoms with Gasteiger partial charge in [-0.1, -0.05) is 61.2 Å². The van der Waals surface area contributed by atoms with Gasteiger partial charge in [0.25, 0.3) is 0 Å². The number of unbranched alkanes of at least 4 members (excludes halogenated alkanes) is 1. The molecule has 0 radical (unpaired) electrons. The molecule has 1 aliphatic rings. The highest BCUT2D eigenvalue weighted by molar-refractivity contribution is 5.79. The highest BCUT2D eigenvalue weighted by Crippen LogP contribution is 2.44. The third kappa shape index (κ3) is 5.97. The monoisotopic (exact) mass is 436 g/mol. The Balaban J connectivity index is 1.43. The lowest BCUT2D eigenvalue weighted by Gasteiger charge is -2.16. The largest absolute Gasteiger partial charge is 0.449 e. The molecule has 0 bridgehead atoms. The van der Waals surface area contributed by atoms with Crippen LogP contribution in [0, 0.1) is 0 Å². The molecule has 2 amide bonds. The fraction of sp³-hybridized carbons (Fsp3) is 0.320. The molecule has 0 saturated carbocycles. The van der Waals surface area contributed by atoms with Crippen LogP contribution in [-0.4, -0.2) is 44.3 Å². The zero-order valence-corrected chi connectivity index (χ0v) is 17.9. The molecule has 7 heteroatoms. The first-order chi connectivity index (χ1) is 15.6. The molecule has 168 valence electrons. The van der Waals surface area contributed by atoms with Gasteiger partial charge in [0, 0.05) is 12.5 Å². The lowest BCUT2D eigenvalue weighted by Crippen LogP contribution is -2.37. The Labute approximate surface area is 187 Å². The van der Waals surface area contributed by atoms with Crippen molar-refractivity contribution < 1.29 is 23.9 Å². The first kappa shape index (κ1) is 23.1. The molecule has 1 atom stereocenters. The summed E-state index contributed by atoms with van der Waals surface area (Å²) in [6.45, 7) is 4.24. The highest BCUT2D eigenvalue weighted by atomic mass is 16.6. The molecule has 3 rings (SSSR count). The van der Waals surface area contributed by atoms with Crippen LogP contribution in [0.4, 0.5) is 9.59 Å². The summed E-state index contributed by atoms with van der Waals surface area (Å²) >= 11 is 0. The third-order valence-electron chi connectivity index (χ3n) is 5.35. The number of rotatable bonds is 11. The van der Waals surface area contributed by atoms with Gasteiger partial charge in [-0.25, -0.2) is 9.59 Å². The number of nitrogens with one attached hydrogen (secondary N) is 2. The van der Waals surface area contributed by atoms with E-state index in [2.05, 4.69) is 41.5 Å². The van der Waals surface area contributed by atoms with E-state index in [9.17, 15) is 14.4 Å². The fourth-order valence-corrected chi connectivity index (χ4v) is 3.83. The van der Waals surface area contributed by atoms with E-state index in [0.29, 0.717) is 32.1 Å². The second-order valence-electron chi connectivity index (χ2n) is 7.52.